The first-order valence-electron chi connectivity index (χ1n) is 5.64. The lowest BCUT2D eigenvalue weighted by molar-refractivity contribution is 0.0692. The fourth-order valence-corrected chi connectivity index (χ4v) is 2.75. The summed E-state index contributed by atoms with van der Waals surface area (Å²) in [6.07, 6.45) is 1.66. The van der Waals surface area contributed by atoms with Gasteiger partial charge in [0, 0.05) is 11.6 Å². The Morgan fingerprint density at radius 1 is 1.30 bits per heavy atom. The van der Waals surface area contributed by atoms with Gasteiger partial charge in [-0.25, -0.2) is 9.78 Å². The van der Waals surface area contributed by atoms with Crippen molar-refractivity contribution < 1.29 is 9.90 Å². The molecule has 0 radical (unpaired) electrons. The summed E-state index contributed by atoms with van der Waals surface area (Å²) in [4.78, 5) is 19.2. The summed E-state index contributed by atoms with van der Waals surface area (Å²) >= 11 is 7.34. The number of anilines is 2. The van der Waals surface area contributed by atoms with Gasteiger partial charge in [0.1, 0.15) is 5.00 Å². The van der Waals surface area contributed by atoms with E-state index in [4.69, 9.17) is 16.7 Å². The number of aromatic nitrogens is 2. The molecule has 2 N–H and O–H groups in total. The van der Waals surface area contributed by atoms with Crippen LogP contribution in [0.1, 0.15) is 10.5 Å². The number of carboxylic acids is 1. The summed E-state index contributed by atoms with van der Waals surface area (Å²) in [5, 5.41) is 14.0. The van der Waals surface area contributed by atoms with Gasteiger partial charge in [0.2, 0.25) is 0 Å². The molecule has 0 spiro atoms. The van der Waals surface area contributed by atoms with Crippen molar-refractivity contribution in [3.8, 4) is 0 Å². The largest absolute Gasteiger partial charge is 0.476 e. The van der Waals surface area contributed by atoms with Crippen LogP contribution in [0.3, 0.4) is 0 Å². The fourth-order valence-electron chi connectivity index (χ4n) is 1.85. The monoisotopic (exact) mass is 305 g/mol. The highest BCUT2D eigenvalue weighted by Gasteiger charge is 2.15. The normalized spacial score (nSPS) is 10.7. The van der Waals surface area contributed by atoms with Crippen LogP contribution in [0.25, 0.3) is 10.9 Å². The molecule has 20 heavy (non-hydrogen) atoms. The van der Waals surface area contributed by atoms with Crippen LogP contribution >= 0.6 is 22.9 Å². The Morgan fingerprint density at radius 2 is 2.15 bits per heavy atom. The van der Waals surface area contributed by atoms with Crippen molar-refractivity contribution in [1.29, 1.82) is 0 Å². The number of pyridine rings is 1. The Labute approximate surface area is 122 Å². The van der Waals surface area contributed by atoms with Crippen LogP contribution in [-0.2, 0) is 0 Å². The van der Waals surface area contributed by atoms with Crippen LogP contribution in [0, 0.1) is 0 Å². The molecule has 100 valence electrons. The molecular formula is C13H8ClN3O2S. The second-order valence-electron chi connectivity index (χ2n) is 3.95. The first kappa shape index (κ1) is 12.8. The number of thiazole rings is 1. The number of nitrogens with zero attached hydrogens (tertiary/aromatic N) is 2. The van der Waals surface area contributed by atoms with Gasteiger partial charge in [0.05, 0.1) is 21.7 Å². The van der Waals surface area contributed by atoms with Crippen LogP contribution in [0.2, 0.25) is 5.02 Å². The van der Waals surface area contributed by atoms with E-state index in [2.05, 4.69) is 15.3 Å². The van der Waals surface area contributed by atoms with Crippen LogP contribution in [-0.4, -0.2) is 21.0 Å². The minimum Gasteiger partial charge on any atom is -0.476 e. The average molecular weight is 306 g/mol. The molecular weight excluding hydrogens is 298 g/mol. The summed E-state index contributed by atoms with van der Waals surface area (Å²) in [5.41, 5.74) is 2.85. The maximum atomic E-state index is 11.1. The highest BCUT2D eigenvalue weighted by atomic mass is 35.5. The number of halogens is 1. The average Bonchev–Trinajstić information content (AvgIpc) is 2.91. The zero-order chi connectivity index (χ0) is 14.1. The summed E-state index contributed by atoms with van der Waals surface area (Å²) in [5.74, 6) is -1.07. The van der Waals surface area contributed by atoms with Gasteiger partial charge in [-0.3, -0.25) is 4.98 Å². The van der Waals surface area contributed by atoms with Crippen molar-refractivity contribution in [3.63, 3.8) is 0 Å². The van der Waals surface area contributed by atoms with E-state index in [0.29, 0.717) is 21.2 Å². The molecule has 2 heterocycles. The number of carboxylic acid groups (broad SMARTS) is 1. The Kier molecular flexibility index (Phi) is 3.25. The highest BCUT2D eigenvalue weighted by molar-refractivity contribution is 7.14. The topological polar surface area (TPSA) is 75.1 Å². The smallest absolute Gasteiger partial charge is 0.357 e. The number of benzene rings is 1. The molecule has 0 aliphatic heterocycles. The third-order valence-corrected chi connectivity index (χ3v) is 3.81. The highest BCUT2D eigenvalue weighted by Crippen LogP contribution is 2.32. The van der Waals surface area contributed by atoms with E-state index in [0.717, 1.165) is 5.39 Å². The van der Waals surface area contributed by atoms with Crippen molar-refractivity contribution in [2.75, 3.05) is 5.32 Å². The molecule has 2 aromatic heterocycles. The second kappa shape index (κ2) is 5.07. The van der Waals surface area contributed by atoms with E-state index in [-0.39, 0.29) is 5.69 Å². The molecule has 3 aromatic rings. The Balaban J connectivity index is 2.09. The zero-order valence-electron chi connectivity index (χ0n) is 10.0. The molecule has 0 amide bonds. The zero-order valence-corrected chi connectivity index (χ0v) is 11.6. The molecule has 0 saturated carbocycles. The molecule has 0 bridgehead atoms. The van der Waals surface area contributed by atoms with Crippen molar-refractivity contribution >= 4 is 50.5 Å². The van der Waals surface area contributed by atoms with Gasteiger partial charge in [0.15, 0.2) is 5.69 Å². The first-order chi connectivity index (χ1) is 9.66. The van der Waals surface area contributed by atoms with Crippen LogP contribution in [0.15, 0.2) is 36.0 Å². The summed E-state index contributed by atoms with van der Waals surface area (Å²) in [6.45, 7) is 0. The van der Waals surface area contributed by atoms with Crippen molar-refractivity contribution in [2.45, 2.75) is 0 Å². The lowest BCUT2D eigenvalue weighted by atomic mass is 10.2. The maximum Gasteiger partial charge on any atom is 0.357 e. The fraction of sp³-hybridized carbons (Fsp3) is 0. The minimum atomic E-state index is -1.07. The standard InChI is InChI=1S/C13H8ClN3O2S/c14-8-3-4-9(10-7(8)2-1-5-15-10)17-12-11(13(18)19)16-6-20-12/h1-6,17H,(H,18,19). The van der Waals surface area contributed by atoms with E-state index in [9.17, 15) is 4.79 Å². The molecule has 0 aliphatic carbocycles. The van der Waals surface area contributed by atoms with Crippen LogP contribution in [0.5, 0.6) is 0 Å². The lowest BCUT2D eigenvalue weighted by Crippen LogP contribution is -2.01. The summed E-state index contributed by atoms with van der Waals surface area (Å²) in [7, 11) is 0. The van der Waals surface area contributed by atoms with Crippen molar-refractivity contribution in [2.24, 2.45) is 0 Å². The number of hydrogen-bond acceptors (Lipinski definition) is 5. The van der Waals surface area contributed by atoms with Gasteiger partial charge < -0.3 is 10.4 Å². The second-order valence-corrected chi connectivity index (χ2v) is 5.22. The molecule has 0 atom stereocenters. The predicted molar refractivity (Wildman–Crippen MR) is 79.1 cm³/mol. The first-order valence-corrected chi connectivity index (χ1v) is 6.89. The Hall–Kier alpha value is -2.18. The number of nitrogens with one attached hydrogen (secondary N) is 1. The molecule has 0 saturated heterocycles. The van der Waals surface area contributed by atoms with Gasteiger partial charge in [-0.15, -0.1) is 11.3 Å². The number of rotatable bonds is 3. The van der Waals surface area contributed by atoms with E-state index in [1.807, 2.05) is 6.07 Å². The lowest BCUT2D eigenvalue weighted by Gasteiger charge is -2.08. The molecule has 5 nitrogen and oxygen atoms in total. The van der Waals surface area contributed by atoms with Crippen LogP contribution in [0.4, 0.5) is 10.7 Å². The number of hydrogen-bond donors (Lipinski definition) is 2. The quantitative estimate of drug-likeness (QED) is 0.770. The third-order valence-electron chi connectivity index (χ3n) is 2.73. The molecule has 0 unspecified atom stereocenters. The Morgan fingerprint density at radius 3 is 2.95 bits per heavy atom. The molecule has 0 fully saturated rings. The number of aromatic carboxylic acids is 1. The molecule has 1 aromatic carbocycles. The molecule has 3 rings (SSSR count). The summed E-state index contributed by atoms with van der Waals surface area (Å²) < 4.78 is 0. The number of carbonyl (C=O) groups is 1. The minimum absolute atomic E-state index is 0.00553. The summed E-state index contributed by atoms with van der Waals surface area (Å²) in [6, 6.07) is 7.17. The van der Waals surface area contributed by atoms with E-state index < -0.39 is 5.97 Å². The van der Waals surface area contributed by atoms with Gasteiger partial charge in [0.25, 0.3) is 0 Å². The van der Waals surface area contributed by atoms with E-state index in [1.54, 1.807) is 24.4 Å². The van der Waals surface area contributed by atoms with Gasteiger partial charge >= 0.3 is 5.97 Å². The van der Waals surface area contributed by atoms with E-state index in [1.165, 1.54) is 16.8 Å². The maximum absolute atomic E-state index is 11.1. The number of fused-ring (bicyclic) bond motifs is 1. The van der Waals surface area contributed by atoms with Crippen molar-refractivity contribution in [1.82, 2.24) is 9.97 Å². The predicted octanol–water partition coefficient (Wildman–Crippen LogP) is 3.79. The molecule has 7 heteroatoms. The third kappa shape index (κ3) is 2.19. The van der Waals surface area contributed by atoms with E-state index >= 15 is 0 Å². The van der Waals surface area contributed by atoms with Crippen molar-refractivity contribution in [3.05, 3.63) is 46.7 Å². The van der Waals surface area contributed by atoms with Gasteiger partial charge in [-0.05, 0) is 24.3 Å². The van der Waals surface area contributed by atoms with Gasteiger partial charge in [-0.2, -0.15) is 0 Å². The Bertz CT molecular complexity index is 803. The SMILES string of the molecule is O=C(O)c1ncsc1Nc1ccc(Cl)c2cccnc12. The van der Waals surface area contributed by atoms with Crippen LogP contribution < -0.4 is 5.32 Å². The van der Waals surface area contributed by atoms with Gasteiger partial charge in [-0.1, -0.05) is 11.6 Å². The molecule has 0 aliphatic rings.